The number of hydrogen-bond donors (Lipinski definition) is 2. The minimum absolute atomic E-state index is 0.0494. The van der Waals surface area contributed by atoms with Crippen molar-refractivity contribution in [3.05, 3.63) is 16.3 Å². The number of rotatable bonds is 4. The Morgan fingerprint density at radius 3 is 2.79 bits per heavy atom. The first-order valence-electron chi connectivity index (χ1n) is 5.91. The molecule has 19 heavy (non-hydrogen) atoms. The summed E-state index contributed by atoms with van der Waals surface area (Å²) in [4.78, 5) is 12.2. The van der Waals surface area contributed by atoms with Gasteiger partial charge in [-0.3, -0.25) is 4.79 Å². The normalized spacial score (nSPS) is 23.5. The zero-order valence-corrected chi connectivity index (χ0v) is 12.0. The van der Waals surface area contributed by atoms with Crippen molar-refractivity contribution in [3.8, 4) is 0 Å². The van der Waals surface area contributed by atoms with E-state index in [-0.39, 0.29) is 9.77 Å². The second kappa shape index (κ2) is 5.56. The Bertz CT molecular complexity index is 570. The van der Waals surface area contributed by atoms with Crippen LogP contribution < -0.4 is 10.0 Å². The average Bonchev–Trinajstić information content (AvgIpc) is 2.99. The summed E-state index contributed by atoms with van der Waals surface area (Å²) < 4.78 is 38.6. The molecule has 5 nitrogen and oxygen atoms in total. The summed E-state index contributed by atoms with van der Waals surface area (Å²) in [5.74, 6) is -0.419. The fourth-order valence-corrected chi connectivity index (χ4v) is 3.92. The van der Waals surface area contributed by atoms with Gasteiger partial charge in [-0.05, 0) is 32.4 Å². The maximum atomic E-state index is 13.4. The van der Waals surface area contributed by atoms with Crippen molar-refractivity contribution in [3.63, 3.8) is 0 Å². The standard InChI is InChI=1S/C11H15FN2O3S2/c1-13-19(16,17)7-5-10(18-6-7)11(15)14-9-4-2-3-8(9)12/h5-6,8-9,13H,2-4H2,1H3,(H,14,15)/t8-,9+/m1/s1. The first kappa shape index (κ1) is 14.4. The summed E-state index contributed by atoms with van der Waals surface area (Å²) in [6.45, 7) is 0. The maximum absolute atomic E-state index is 13.4. The Hall–Kier alpha value is -0.990. The highest BCUT2D eigenvalue weighted by atomic mass is 32.2. The van der Waals surface area contributed by atoms with E-state index < -0.39 is 28.1 Å². The molecule has 0 spiro atoms. The van der Waals surface area contributed by atoms with Crippen LogP contribution in [-0.4, -0.2) is 33.6 Å². The van der Waals surface area contributed by atoms with Crippen LogP contribution in [0.25, 0.3) is 0 Å². The Morgan fingerprint density at radius 2 is 2.21 bits per heavy atom. The molecule has 1 fully saturated rings. The van der Waals surface area contributed by atoms with Crippen LogP contribution in [0.1, 0.15) is 28.9 Å². The van der Waals surface area contributed by atoms with E-state index in [0.717, 1.165) is 17.8 Å². The van der Waals surface area contributed by atoms with Crippen LogP contribution >= 0.6 is 11.3 Å². The number of nitrogens with one attached hydrogen (secondary N) is 2. The van der Waals surface area contributed by atoms with Gasteiger partial charge in [0, 0.05) is 5.38 Å². The number of thiophene rings is 1. The molecule has 1 heterocycles. The molecule has 8 heteroatoms. The highest BCUT2D eigenvalue weighted by Gasteiger charge is 2.29. The zero-order chi connectivity index (χ0) is 14.0. The highest BCUT2D eigenvalue weighted by Crippen LogP contribution is 2.24. The third kappa shape index (κ3) is 3.13. The minimum Gasteiger partial charge on any atom is -0.346 e. The molecule has 1 amide bonds. The highest BCUT2D eigenvalue weighted by molar-refractivity contribution is 7.89. The fourth-order valence-electron chi connectivity index (χ4n) is 2.01. The number of amides is 1. The van der Waals surface area contributed by atoms with E-state index in [0.29, 0.717) is 12.8 Å². The van der Waals surface area contributed by atoms with Crippen molar-refractivity contribution in [1.29, 1.82) is 0 Å². The van der Waals surface area contributed by atoms with Crippen molar-refractivity contribution in [2.45, 2.75) is 36.4 Å². The lowest BCUT2D eigenvalue weighted by Crippen LogP contribution is -2.37. The van der Waals surface area contributed by atoms with Crippen LogP contribution in [0, 0.1) is 0 Å². The molecule has 1 aromatic heterocycles. The predicted octanol–water partition coefficient (Wildman–Crippen LogP) is 1.28. The van der Waals surface area contributed by atoms with E-state index in [2.05, 4.69) is 10.0 Å². The Kier molecular flexibility index (Phi) is 4.22. The van der Waals surface area contributed by atoms with E-state index in [1.165, 1.54) is 18.5 Å². The third-order valence-electron chi connectivity index (χ3n) is 3.13. The molecule has 0 aliphatic heterocycles. The number of carbonyl (C=O) groups excluding carboxylic acids is 1. The molecule has 0 unspecified atom stereocenters. The SMILES string of the molecule is CNS(=O)(=O)c1csc(C(=O)N[C@H]2CCC[C@H]2F)c1. The van der Waals surface area contributed by atoms with Gasteiger partial charge in [-0.25, -0.2) is 17.5 Å². The van der Waals surface area contributed by atoms with Gasteiger partial charge in [0.05, 0.1) is 15.8 Å². The second-order valence-corrected chi connectivity index (χ2v) is 7.18. The van der Waals surface area contributed by atoms with Crippen molar-refractivity contribution in [1.82, 2.24) is 10.0 Å². The third-order valence-corrected chi connectivity index (χ3v) is 5.60. The van der Waals surface area contributed by atoms with Crippen LogP contribution in [0.3, 0.4) is 0 Å². The van der Waals surface area contributed by atoms with E-state index in [1.807, 2.05) is 0 Å². The van der Waals surface area contributed by atoms with Gasteiger partial charge < -0.3 is 5.32 Å². The van der Waals surface area contributed by atoms with E-state index in [9.17, 15) is 17.6 Å². The molecule has 0 bridgehead atoms. The molecule has 2 rings (SSSR count). The summed E-state index contributed by atoms with van der Waals surface area (Å²) >= 11 is 1.03. The van der Waals surface area contributed by atoms with Gasteiger partial charge in [0.1, 0.15) is 6.17 Å². The summed E-state index contributed by atoms with van der Waals surface area (Å²) in [5.41, 5.74) is 0. The fraction of sp³-hybridized carbons (Fsp3) is 0.545. The van der Waals surface area contributed by atoms with Crippen LogP contribution in [0.15, 0.2) is 16.3 Å². The Balaban J connectivity index is 2.08. The summed E-state index contributed by atoms with van der Waals surface area (Å²) in [5, 5.41) is 4.00. The van der Waals surface area contributed by atoms with E-state index >= 15 is 0 Å². The zero-order valence-electron chi connectivity index (χ0n) is 10.3. The van der Waals surface area contributed by atoms with Gasteiger partial charge in [0.15, 0.2) is 0 Å². The van der Waals surface area contributed by atoms with Crippen LogP contribution in [0.2, 0.25) is 0 Å². The molecular formula is C11H15FN2O3S2. The largest absolute Gasteiger partial charge is 0.346 e. The number of hydrogen-bond acceptors (Lipinski definition) is 4. The second-order valence-electron chi connectivity index (χ2n) is 4.38. The number of halogens is 1. The van der Waals surface area contributed by atoms with Crippen molar-refractivity contribution < 1.29 is 17.6 Å². The predicted molar refractivity (Wildman–Crippen MR) is 70.6 cm³/mol. The van der Waals surface area contributed by atoms with Crippen molar-refractivity contribution >= 4 is 27.3 Å². The van der Waals surface area contributed by atoms with Crippen LogP contribution in [0.5, 0.6) is 0 Å². The maximum Gasteiger partial charge on any atom is 0.261 e. The molecule has 106 valence electrons. The van der Waals surface area contributed by atoms with E-state index in [1.54, 1.807) is 0 Å². The summed E-state index contributed by atoms with van der Waals surface area (Å²) in [7, 11) is -2.24. The molecule has 1 saturated carbocycles. The lowest BCUT2D eigenvalue weighted by molar-refractivity contribution is 0.0923. The molecule has 0 radical (unpaired) electrons. The molecule has 1 aliphatic carbocycles. The van der Waals surface area contributed by atoms with Crippen LogP contribution in [-0.2, 0) is 10.0 Å². The lowest BCUT2D eigenvalue weighted by Gasteiger charge is -2.13. The van der Waals surface area contributed by atoms with Gasteiger partial charge in [0.25, 0.3) is 5.91 Å². The smallest absolute Gasteiger partial charge is 0.261 e. The minimum atomic E-state index is -3.54. The van der Waals surface area contributed by atoms with Gasteiger partial charge >= 0.3 is 0 Å². The molecule has 1 aromatic rings. The van der Waals surface area contributed by atoms with E-state index in [4.69, 9.17) is 0 Å². The topological polar surface area (TPSA) is 75.3 Å². The van der Waals surface area contributed by atoms with Gasteiger partial charge in [-0.1, -0.05) is 0 Å². The quantitative estimate of drug-likeness (QED) is 0.880. The Labute approximate surface area is 115 Å². The van der Waals surface area contributed by atoms with Crippen molar-refractivity contribution in [2.75, 3.05) is 7.05 Å². The first-order chi connectivity index (χ1) is 8.94. The van der Waals surface area contributed by atoms with Crippen molar-refractivity contribution in [2.24, 2.45) is 0 Å². The molecule has 2 atom stereocenters. The number of alkyl halides is 1. The lowest BCUT2D eigenvalue weighted by atomic mass is 10.2. The summed E-state index contributed by atoms with van der Waals surface area (Å²) in [6.07, 6.45) is 0.842. The average molecular weight is 306 g/mol. The summed E-state index contributed by atoms with van der Waals surface area (Å²) in [6, 6.07) is 0.840. The number of carbonyl (C=O) groups is 1. The van der Waals surface area contributed by atoms with Gasteiger partial charge in [-0.15, -0.1) is 11.3 Å². The van der Waals surface area contributed by atoms with Crippen LogP contribution in [0.4, 0.5) is 4.39 Å². The Morgan fingerprint density at radius 1 is 1.47 bits per heavy atom. The molecule has 0 saturated heterocycles. The van der Waals surface area contributed by atoms with Gasteiger partial charge in [-0.2, -0.15) is 0 Å². The molecule has 1 aliphatic rings. The molecule has 0 aromatic carbocycles. The first-order valence-corrected chi connectivity index (χ1v) is 8.27. The molecular weight excluding hydrogens is 291 g/mol. The molecule has 2 N–H and O–H groups in total. The monoisotopic (exact) mass is 306 g/mol. The number of sulfonamides is 1. The van der Waals surface area contributed by atoms with Gasteiger partial charge in [0.2, 0.25) is 10.0 Å².